The fraction of sp³-hybridized carbons (Fsp3) is 0.517. The van der Waals surface area contributed by atoms with E-state index in [1.54, 1.807) is 0 Å². The lowest BCUT2D eigenvalue weighted by Gasteiger charge is -2.58. The topological polar surface area (TPSA) is 191 Å². The molecule has 2 aromatic heterocycles. The van der Waals surface area contributed by atoms with Crippen LogP contribution in [-0.4, -0.2) is 128 Å². The SMILES string of the molecule is CN1CCC(COCc2ccncc2)CC12CN(Cc1ccccn1)C2.O=C(O)C(F)(F)F.O=C(O)C(F)(F)F.O=C(O)C(F)(F)F.O=C(O)C(F)(F)F. The quantitative estimate of drug-likeness (QED) is 0.282. The third-order valence-electron chi connectivity index (χ3n) is 6.84. The monoisotopic (exact) mass is 808 g/mol. The van der Waals surface area contributed by atoms with Gasteiger partial charge in [0, 0.05) is 50.4 Å². The van der Waals surface area contributed by atoms with E-state index >= 15 is 0 Å². The van der Waals surface area contributed by atoms with Crippen molar-refractivity contribution in [2.24, 2.45) is 5.92 Å². The van der Waals surface area contributed by atoms with E-state index in [1.807, 2.05) is 36.8 Å². The van der Waals surface area contributed by atoms with Gasteiger partial charge in [-0.25, -0.2) is 19.2 Å². The Bertz CT molecular complexity index is 1360. The van der Waals surface area contributed by atoms with Gasteiger partial charge in [-0.2, -0.15) is 52.7 Å². The summed E-state index contributed by atoms with van der Waals surface area (Å²) >= 11 is 0. The number of rotatable bonds is 6. The Labute approximate surface area is 296 Å². The molecule has 2 saturated heterocycles. The minimum atomic E-state index is -5.08. The number of carbonyl (C=O) groups is 4. The van der Waals surface area contributed by atoms with Crippen LogP contribution in [0, 0.1) is 5.92 Å². The van der Waals surface area contributed by atoms with Crippen LogP contribution >= 0.6 is 0 Å². The molecule has 2 aromatic rings. The van der Waals surface area contributed by atoms with Crippen molar-refractivity contribution in [2.75, 3.05) is 33.3 Å². The Morgan fingerprint density at radius 3 is 1.54 bits per heavy atom. The number of nitrogens with zero attached hydrogens (tertiary/aromatic N) is 4. The van der Waals surface area contributed by atoms with Crippen molar-refractivity contribution < 1.29 is 97.0 Å². The van der Waals surface area contributed by atoms with Crippen LogP contribution in [0.1, 0.15) is 24.1 Å². The number of hydrogen-bond acceptors (Lipinski definition) is 9. The first-order valence-electron chi connectivity index (χ1n) is 14.5. The molecule has 1 unspecified atom stereocenters. The Morgan fingerprint density at radius 2 is 1.17 bits per heavy atom. The Kier molecular flexibility index (Phi) is 19.3. The molecular weight excluding hydrogens is 776 g/mol. The molecule has 2 aliphatic rings. The summed E-state index contributed by atoms with van der Waals surface area (Å²) in [4.78, 5) is 49.2. The van der Waals surface area contributed by atoms with Crippen molar-refractivity contribution >= 4 is 23.9 Å². The maximum absolute atomic E-state index is 10.6. The maximum Gasteiger partial charge on any atom is 0.490 e. The number of ether oxygens (including phenoxy) is 1. The summed E-state index contributed by atoms with van der Waals surface area (Å²) in [6.45, 7) is 5.95. The number of aliphatic carboxylic acids is 4. The van der Waals surface area contributed by atoms with E-state index in [4.69, 9.17) is 44.3 Å². The van der Waals surface area contributed by atoms with E-state index in [1.165, 1.54) is 24.9 Å². The number of carboxylic acid groups (broad SMARTS) is 4. The number of halogens is 12. The number of likely N-dealkylation sites (N-methyl/N-ethyl adjacent to an activating group) is 1. The van der Waals surface area contributed by atoms with Crippen LogP contribution in [0.3, 0.4) is 0 Å². The molecule has 2 fully saturated rings. The Morgan fingerprint density at radius 1 is 0.741 bits per heavy atom. The lowest BCUT2D eigenvalue weighted by molar-refractivity contribution is -0.193. The van der Waals surface area contributed by atoms with E-state index in [0.717, 1.165) is 31.9 Å². The molecule has 4 N–H and O–H groups in total. The predicted molar refractivity (Wildman–Crippen MR) is 156 cm³/mol. The lowest BCUT2D eigenvalue weighted by Crippen LogP contribution is -2.71. The van der Waals surface area contributed by atoms with E-state index in [9.17, 15) is 52.7 Å². The highest BCUT2D eigenvalue weighted by molar-refractivity contribution is 5.74. The summed E-state index contributed by atoms with van der Waals surface area (Å²) in [5.41, 5.74) is 2.70. The van der Waals surface area contributed by atoms with Gasteiger partial charge in [-0.05, 0) is 62.2 Å². The van der Waals surface area contributed by atoms with Gasteiger partial charge in [-0.3, -0.25) is 19.8 Å². The largest absolute Gasteiger partial charge is 0.490 e. The molecule has 0 aliphatic carbocycles. The molecule has 1 spiro atoms. The molecule has 0 saturated carbocycles. The molecule has 2 aliphatic heterocycles. The Balaban J connectivity index is 0.000000820. The van der Waals surface area contributed by atoms with Crippen molar-refractivity contribution in [1.82, 2.24) is 19.8 Å². The molecule has 54 heavy (non-hydrogen) atoms. The van der Waals surface area contributed by atoms with E-state index in [0.29, 0.717) is 18.1 Å². The second kappa shape index (κ2) is 21.2. The van der Waals surface area contributed by atoms with Gasteiger partial charge in [0.1, 0.15) is 0 Å². The van der Waals surface area contributed by atoms with E-state index in [2.05, 4.69) is 38.9 Å². The maximum atomic E-state index is 10.6. The molecule has 0 bridgehead atoms. The summed E-state index contributed by atoms with van der Waals surface area (Å²) in [6.07, 6.45) is -12.3. The zero-order valence-electron chi connectivity index (χ0n) is 27.5. The van der Waals surface area contributed by atoms with Gasteiger partial charge < -0.3 is 25.2 Å². The van der Waals surface area contributed by atoms with Crippen molar-refractivity contribution in [2.45, 2.75) is 56.2 Å². The molecule has 0 amide bonds. The predicted octanol–water partition coefficient (Wildman–Crippen LogP) is 5.12. The standard InChI is InChI=1S/C21H28N4O.4C2HF3O2/c1-24-11-7-19(15-26-14-18-5-9-22-10-6-18)12-21(24)16-25(17-21)13-20-4-2-3-8-23-20;4*3-2(4,5)1(6)7/h2-6,8-10,19H,7,11-17H2,1H3;4*(H,6,7). The van der Waals surface area contributed by atoms with Crippen LogP contribution in [0.15, 0.2) is 48.9 Å². The number of carboxylic acids is 4. The fourth-order valence-corrected chi connectivity index (χ4v) is 4.36. The van der Waals surface area contributed by atoms with Crippen molar-refractivity contribution in [3.8, 4) is 0 Å². The summed E-state index contributed by atoms with van der Waals surface area (Å²) in [7, 11) is 2.28. The number of hydrogen-bond donors (Lipinski definition) is 4. The molecule has 25 heteroatoms. The summed E-state index contributed by atoms with van der Waals surface area (Å²) in [5.74, 6) is -10.4. The fourth-order valence-electron chi connectivity index (χ4n) is 4.36. The van der Waals surface area contributed by atoms with Gasteiger partial charge >= 0.3 is 48.6 Å². The van der Waals surface area contributed by atoms with Crippen LogP contribution in [0.5, 0.6) is 0 Å². The summed E-state index contributed by atoms with van der Waals surface area (Å²) < 4.78 is 133. The average Bonchev–Trinajstić information content (AvgIpc) is 3.02. The molecule has 306 valence electrons. The first kappa shape index (κ1) is 49.2. The summed E-state index contributed by atoms with van der Waals surface area (Å²) in [5, 5.41) is 28.5. The second-order valence-corrected chi connectivity index (χ2v) is 11.1. The molecule has 1 atom stereocenters. The van der Waals surface area contributed by atoms with Gasteiger partial charge in [0.2, 0.25) is 0 Å². The van der Waals surface area contributed by atoms with Crippen molar-refractivity contribution in [3.63, 3.8) is 0 Å². The Hall–Kier alpha value is -4.78. The van der Waals surface area contributed by atoms with Gasteiger partial charge in [0.25, 0.3) is 0 Å². The van der Waals surface area contributed by atoms with Gasteiger partial charge in [0.15, 0.2) is 0 Å². The second-order valence-electron chi connectivity index (χ2n) is 11.1. The minimum Gasteiger partial charge on any atom is -0.475 e. The molecule has 4 rings (SSSR count). The lowest BCUT2D eigenvalue weighted by atomic mass is 9.75. The zero-order chi connectivity index (χ0) is 42.1. The number of alkyl halides is 12. The number of pyridine rings is 2. The zero-order valence-corrected chi connectivity index (χ0v) is 27.5. The van der Waals surface area contributed by atoms with Crippen molar-refractivity contribution in [1.29, 1.82) is 0 Å². The normalized spacial score (nSPS) is 16.9. The minimum absolute atomic E-state index is 0.331. The van der Waals surface area contributed by atoms with Gasteiger partial charge in [-0.1, -0.05) is 6.07 Å². The van der Waals surface area contributed by atoms with Crippen LogP contribution in [0.25, 0.3) is 0 Å². The highest BCUT2D eigenvalue weighted by Gasteiger charge is 2.49. The summed E-state index contributed by atoms with van der Waals surface area (Å²) in [6, 6.07) is 10.2. The number of piperidine rings is 1. The van der Waals surface area contributed by atoms with Crippen LogP contribution in [0.2, 0.25) is 0 Å². The van der Waals surface area contributed by atoms with E-state index < -0.39 is 48.6 Å². The molecular formula is C29H32F12N4O9. The van der Waals surface area contributed by atoms with Crippen molar-refractivity contribution in [3.05, 3.63) is 60.2 Å². The number of likely N-dealkylation sites (tertiary alicyclic amines) is 2. The smallest absolute Gasteiger partial charge is 0.475 e. The molecule has 4 heterocycles. The molecule has 0 aromatic carbocycles. The number of aromatic nitrogens is 2. The van der Waals surface area contributed by atoms with Crippen LogP contribution in [-0.2, 0) is 37.1 Å². The third kappa shape index (κ3) is 19.9. The third-order valence-corrected chi connectivity index (χ3v) is 6.84. The van der Waals surface area contributed by atoms with Gasteiger partial charge in [0.05, 0.1) is 12.3 Å². The van der Waals surface area contributed by atoms with Crippen LogP contribution in [0.4, 0.5) is 52.7 Å². The molecule has 0 radical (unpaired) electrons. The highest BCUT2D eigenvalue weighted by atomic mass is 19.4. The van der Waals surface area contributed by atoms with E-state index in [-0.39, 0.29) is 0 Å². The first-order chi connectivity index (χ1) is 24.5. The first-order valence-corrected chi connectivity index (χ1v) is 14.5. The highest BCUT2D eigenvalue weighted by Crippen LogP contribution is 2.39. The molecule has 13 nitrogen and oxygen atoms in total. The van der Waals surface area contributed by atoms with Gasteiger partial charge in [-0.15, -0.1) is 0 Å². The average molecular weight is 809 g/mol. The van der Waals surface area contributed by atoms with Crippen LogP contribution < -0.4 is 0 Å².